The summed E-state index contributed by atoms with van der Waals surface area (Å²) < 4.78 is 10.6. The van der Waals surface area contributed by atoms with Crippen molar-refractivity contribution < 1.29 is 14.3 Å². The summed E-state index contributed by atoms with van der Waals surface area (Å²) >= 11 is 0. The van der Waals surface area contributed by atoms with Crippen molar-refractivity contribution in [2.75, 3.05) is 39.5 Å². The second-order valence-corrected chi connectivity index (χ2v) is 4.27. The van der Waals surface area contributed by atoms with E-state index in [-0.39, 0.29) is 5.78 Å². The minimum Gasteiger partial charge on any atom is -0.494 e. The minimum absolute atomic E-state index is 0.153. The van der Waals surface area contributed by atoms with Crippen molar-refractivity contribution in [3.63, 3.8) is 0 Å². The van der Waals surface area contributed by atoms with Gasteiger partial charge in [0.1, 0.15) is 5.75 Å². The van der Waals surface area contributed by atoms with E-state index in [0.29, 0.717) is 13.2 Å². The third-order valence-corrected chi connectivity index (χ3v) is 2.96. The maximum atomic E-state index is 12.1. The Labute approximate surface area is 107 Å². The molecule has 0 unspecified atom stereocenters. The Bertz CT molecular complexity index is 383. The number of Topliss-reactive ketones (excluding diaryl/α,β-unsaturated/α-hetero) is 1. The first kappa shape index (κ1) is 13.1. The molecule has 0 amide bonds. The summed E-state index contributed by atoms with van der Waals surface area (Å²) in [6.45, 7) is 6.16. The van der Waals surface area contributed by atoms with E-state index in [0.717, 1.165) is 37.6 Å². The van der Waals surface area contributed by atoms with Crippen LogP contribution in [0.1, 0.15) is 17.3 Å². The van der Waals surface area contributed by atoms with Crippen LogP contribution in [-0.2, 0) is 4.74 Å². The van der Waals surface area contributed by atoms with E-state index in [9.17, 15) is 4.79 Å². The topological polar surface area (TPSA) is 38.8 Å². The first-order valence-corrected chi connectivity index (χ1v) is 6.35. The number of benzene rings is 1. The molecular formula is C14H19NO3. The molecule has 1 aliphatic rings. The normalized spacial score (nSPS) is 16.5. The highest BCUT2D eigenvalue weighted by Gasteiger charge is 2.15. The Hall–Kier alpha value is -1.39. The quantitative estimate of drug-likeness (QED) is 0.743. The van der Waals surface area contributed by atoms with Gasteiger partial charge < -0.3 is 9.47 Å². The summed E-state index contributed by atoms with van der Waals surface area (Å²) in [5.74, 6) is 0.959. The van der Waals surface area contributed by atoms with Gasteiger partial charge in [-0.3, -0.25) is 9.69 Å². The van der Waals surface area contributed by atoms with Crippen LogP contribution < -0.4 is 4.74 Å². The van der Waals surface area contributed by atoms with Gasteiger partial charge in [0.25, 0.3) is 0 Å². The highest BCUT2D eigenvalue weighted by atomic mass is 16.5. The lowest BCUT2D eigenvalue weighted by molar-refractivity contribution is 0.0371. The van der Waals surface area contributed by atoms with Crippen LogP contribution in [0.15, 0.2) is 24.3 Å². The fraction of sp³-hybridized carbons (Fsp3) is 0.500. The van der Waals surface area contributed by atoms with Gasteiger partial charge in [-0.15, -0.1) is 0 Å². The fourth-order valence-electron chi connectivity index (χ4n) is 1.96. The first-order chi connectivity index (χ1) is 8.79. The van der Waals surface area contributed by atoms with Gasteiger partial charge in [-0.25, -0.2) is 0 Å². The average Bonchev–Trinajstić information content (AvgIpc) is 2.41. The smallest absolute Gasteiger partial charge is 0.176 e. The summed E-state index contributed by atoms with van der Waals surface area (Å²) in [4.78, 5) is 14.2. The van der Waals surface area contributed by atoms with Crippen molar-refractivity contribution in [1.82, 2.24) is 4.90 Å². The van der Waals surface area contributed by atoms with Gasteiger partial charge in [0.2, 0.25) is 0 Å². The molecule has 4 heteroatoms. The SMILES string of the molecule is CCOc1ccc(C(=O)CN2CCOCC2)cc1. The molecule has 1 aliphatic heterocycles. The van der Waals surface area contributed by atoms with Crippen LogP contribution in [0.2, 0.25) is 0 Å². The van der Waals surface area contributed by atoms with Gasteiger partial charge in [0.15, 0.2) is 5.78 Å². The summed E-state index contributed by atoms with van der Waals surface area (Å²) in [7, 11) is 0. The van der Waals surface area contributed by atoms with Crippen LogP contribution in [0, 0.1) is 0 Å². The zero-order valence-corrected chi connectivity index (χ0v) is 10.7. The molecule has 0 N–H and O–H groups in total. The molecule has 0 atom stereocenters. The second kappa shape index (κ2) is 6.52. The number of ketones is 1. The molecule has 0 saturated carbocycles. The Kier molecular flexibility index (Phi) is 4.73. The lowest BCUT2D eigenvalue weighted by Crippen LogP contribution is -2.39. The maximum Gasteiger partial charge on any atom is 0.176 e. The molecule has 1 aromatic carbocycles. The zero-order chi connectivity index (χ0) is 12.8. The molecule has 18 heavy (non-hydrogen) atoms. The van der Waals surface area contributed by atoms with Crippen LogP contribution in [0.3, 0.4) is 0 Å². The van der Waals surface area contributed by atoms with Crippen molar-refractivity contribution in [1.29, 1.82) is 0 Å². The third-order valence-electron chi connectivity index (χ3n) is 2.96. The first-order valence-electron chi connectivity index (χ1n) is 6.35. The molecule has 0 aliphatic carbocycles. The van der Waals surface area contributed by atoms with Crippen molar-refractivity contribution in [3.8, 4) is 5.75 Å². The van der Waals surface area contributed by atoms with Gasteiger partial charge in [0.05, 0.1) is 26.4 Å². The molecule has 2 rings (SSSR count). The van der Waals surface area contributed by atoms with E-state index in [1.807, 2.05) is 31.2 Å². The maximum absolute atomic E-state index is 12.1. The molecule has 98 valence electrons. The van der Waals surface area contributed by atoms with Gasteiger partial charge in [-0.05, 0) is 31.2 Å². The van der Waals surface area contributed by atoms with E-state index in [1.54, 1.807) is 0 Å². The summed E-state index contributed by atoms with van der Waals surface area (Å²) in [5, 5.41) is 0. The number of rotatable bonds is 5. The summed E-state index contributed by atoms with van der Waals surface area (Å²) in [5.41, 5.74) is 0.741. The van der Waals surface area contributed by atoms with Crippen LogP contribution >= 0.6 is 0 Å². The van der Waals surface area contributed by atoms with E-state index in [2.05, 4.69) is 4.90 Å². The molecular weight excluding hydrogens is 230 g/mol. The van der Waals surface area contributed by atoms with E-state index >= 15 is 0 Å². The summed E-state index contributed by atoms with van der Waals surface area (Å²) in [6.07, 6.45) is 0. The standard InChI is InChI=1S/C14H19NO3/c1-2-18-13-5-3-12(4-6-13)14(16)11-15-7-9-17-10-8-15/h3-6H,2,7-11H2,1H3. The predicted molar refractivity (Wildman–Crippen MR) is 69.2 cm³/mol. The highest BCUT2D eigenvalue weighted by Crippen LogP contribution is 2.13. The molecule has 0 radical (unpaired) electrons. The monoisotopic (exact) mass is 249 g/mol. The van der Waals surface area contributed by atoms with E-state index < -0.39 is 0 Å². The van der Waals surface area contributed by atoms with Crippen molar-refractivity contribution in [2.45, 2.75) is 6.92 Å². The molecule has 4 nitrogen and oxygen atoms in total. The van der Waals surface area contributed by atoms with Gasteiger partial charge in [0, 0.05) is 18.7 Å². The fourth-order valence-corrected chi connectivity index (χ4v) is 1.96. The summed E-state index contributed by atoms with van der Waals surface area (Å²) in [6, 6.07) is 7.34. The van der Waals surface area contributed by atoms with Crippen LogP contribution in [-0.4, -0.2) is 50.1 Å². The molecule has 1 fully saturated rings. The van der Waals surface area contributed by atoms with E-state index in [1.165, 1.54) is 0 Å². The molecule has 0 bridgehead atoms. The number of carbonyl (C=O) groups excluding carboxylic acids is 1. The van der Waals surface area contributed by atoms with Crippen molar-refractivity contribution >= 4 is 5.78 Å². The van der Waals surface area contributed by atoms with Gasteiger partial charge in [-0.1, -0.05) is 0 Å². The molecule has 0 aromatic heterocycles. The number of morpholine rings is 1. The van der Waals surface area contributed by atoms with Crippen molar-refractivity contribution in [2.24, 2.45) is 0 Å². The predicted octanol–water partition coefficient (Wildman–Crippen LogP) is 1.60. The van der Waals surface area contributed by atoms with Crippen LogP contribution in [0.5, 0.6) is 5.75 Å². The van der Waals surface area contributed by atoms with E-state index in [4.69, 9.17) is 9.47 Å². The minimum atomic E-state index is 0.153. The van der Waals surface area contributed by atoms with Gasteiger partial charge >= 0.3 is 0 Å². The molecule has 1 heterocycles. The van der Waals surface area contributed by atoms with Crippen LogP contribution in [0.4, 0.5) is 0 Å². The average molecular weight is 249 g/mol. The Morgan fingerprint density at radius 3 is 2.56 bits per heavy atom. The number of hydrogen-bond acceptors (Lipinski definition) is 4. The molecule has 1 saturated heterocycles. The lowest BCUT2D eigenvalue weighted by Gasteiger charge is -2.25. The Balaban J connectivity index is 1.91. The lowest BCUT2D eigenvalue weighted by atomic mass is 10.1. The van der Waals surface area contributed by atoms with Crippen LogP contribution in [0.25, 0.3) is 0 Å². The Morgan fingerprint density at radius 1 is 1.28 bits per heavy atom. The Morgan fingerprint density at radius 2 is 1.94 bits per heavy atom. The second-order valence-electron chi connectivity index (χ2n) is 4.27. The van der Waals surface area contributed by atoms with Gasteiger partial charge in [-0.2, -0.15) is 0 Å². The highest BCUT2D eigenvalue weighted by molar-refractivity contribution is 5.97. The number of nitrogens with zero attached hydrogens (tertiary/aromatic N) is 1. The number of carbonyl (C=O) groups is 1. The third kappa shape index (κ3) is 3.55. The molecule has 1 aromatic rings. The largest absolute Gasteiger partial charge is 0.494 e. The number of ether oxygens (including phenoxy) is 2. The van der Waals surface area contributed by atoms with Crippen molar-refractivity contribution in [3.05, 3.63) is 29.8 Å². The number of hydrogen-bond donors (Lipinski definition) is 0. The molecule has 0 spiro atoms. The zero-order valence-electron chi connectivity index (χ0n) is 10.7.